The van der Waals surface area contributed by atoms with E-state index in [2.05, 4.69) is 0 Å². The molecule has 0 bridgehead atoms. The van der Waals surface area contributed by atoms with E-state index in [1.807, 2.05) is 30.3 Å². The summed E-state index contributed by atoms with van der Waals surface area (Å²) in [5.41, 5.74) is 6.54. The number of hydrogen-bond acceptors (Lipinski definition) is 2. The van der Waals surface area contributed by atoms with Gasteiger partial charge in [0, 0.05) is 156 Å². The molecule has 0 aliphatic rings. The van der Waals surface area contributed by atoms with Gasteiger partial charge in [-0.15, -0.1) is 0 Å². The molecule has 0 saturated carbocycles. The van der Waals surface area contributed by atoms with Crippen molar-refractivity contribution in [2.75, 3.05) is 0 Å². The van der Waals surface area contributed by atoms with E-state index in [9.17, 15) is 4.79 Å². The Morgan fingerprint density at radius 2 is 1.39 bits per heavy atom. The summed E-state index contributed by atoms with van der Waals surface area (Å²) in [5, 5.41) is 0. The van der Waals surface area contributed by atoms with Crippen molar-refractivity contribution in [3.8, 4) is 0 Å². The van der Waals surface area contributed by atoms with Crippen molar-refractivity contribution in [1.82, 2.24) is 0 Å². The van der Waals surface area contributed by atoms with Gasteiger partial charge < -0.3 is 18.0 Å². The van der Waals surface area contributed by atoms with Gasteiger partial charge in [-0.2, -0.15) is 0 Å². The van der Waals surface area contributed by atoms with E-state index >= 15 is 0 Å². The van der Waals surface area contributed by atoms with E-state index in [-0.39, 0.29) is 174 Å². The molecular weight excluding hydrogens is 1360 g/mol. The Balaban J connectivity index is -0.0000000346. The molecule has 0 heterocycles. The van der Waals surface area contributed by atoms with Gasteiger partial charge in [0.2, 0.25) is 0 Å². The summed E-state index contributed by atoms with van der Waals surface area (Å²) in [6, 6.07) is 9.37. The number of nitrogens with two attached hydrogens (primary N) is 1. The molecule has 2 nitrogen and oxygen atoms in total. The molecule has 0 aliphatic carbocycles. The second-order valence-corrected chi connectivity index (χ2v) is 2.49. The zero-order valence-corrected chi connectivity index (χ0v) is 31.0. The minimum absolute atomic E-state index is 0. The Labute approximate surface area is 228 Å². The molecule has 0 spiro atoms. The van der Waals surface area contributed by atoms with Gasteiger partial charge in [-0.05, 0) is 12.0 Å². The molecule has 0 unspecified atom stereocenters. The first-order valence-corrected chi connectivity index (χ1v) is 3.57. The topological polar surface area (TPSA) is 43.1 Å². The fourth-order valence-electron chi connectivity index (χ4n) is 0.934. The van der Waals surface area contributed by atoms with Crippen molar-refractivity contribution in [3.63, 3.8) is 0 Å². The second kappa shape index (κ2) is 29.1. The first-order valence-electron chi connectivity index (χ1n) is 3.57. The summed E-state index contributed by atoms with van der Waals surface area (Å²) < 4.78 is 0. The molecule has 8 heteroatoms. The Morgan fingerprint density at radius 1 is 1.00 bits per heavy atom. The van der Waals surface area contributed by atoms with Crippen LogP contribution >= 0.6 is 0 Å². The first kappa shape index (κ1) is 43.1. The third kappa shape index (κ3) is 22.3. The van der Waals surface area contributed by atoms with E-state index in [0.29, 0.717) is 6.42 Å². The predicted octanol–water partition coefficient (Wildman–Crippen LogP) is 1.36. The maximum absolute atomic E-state index is 10.2. The summed E-state index contributed by atoms with van der Waals surface area (Å²) in [7, 11) is 0. The molecule has 0 aromatic heterocycles. The third-order valence-electron chi connectivity index (χ3n) is 1.49. The van der Waals surface area contributed by atoms with Gasteiger partial charge in [0.25, 0.3) is 0 Å². The number of aldehydes is 1. The average molecular weight is 1370 g/mol. The molecule has 18 heavy (non-hydrogen) atoms. The second-order valence-electron chi connectivity index (χ2n) is 2.49. The summed E-state index contributed by atoms with van der Waals surface area (Å²) in [6.45, 7) is 0. The van der Waals surface area contributed by atoms with E-state index < -0.39 is 0 Å². The number of carbonyl (C=O) groups excluding carboxylic acids is 1. The van der Waals surface area contributed by atoms with Gasteiger partial charge >= 0.3 is 0 Å². The largest absolute Gasteiger partial charge is 0.358 e. The van der Waals surface area contributed by atoms with E-state index in [1.165, 1.54) is 0 Å². The molecule has 0 fully saturated rings. The maximum atomic E-state index is 10.2. The maximum Gasteiger partial charge on any atom is 0.137 e. The molecule has 0 radical (unpaired) electrons. The van der Waals surface area contributed by atoms with Crippen molar-refractivity contribution in [2.45, 2.75) is 12.5 Å². The fourth-order valence-corrected chi connectivity index (χ4v) is 0.934. The molecule has 1 aromatic rings. The Hall–Kier alpha value is 4.04. The molecule has 0 saturated heterocycles. The van der Waals surface area contributed by atoms with E-state index in [0.717, 1.165) is 11.8 Å². The average Bonchev–Trinajstić information content (AvgIpc) is 2.06. The number of hydrogen-bond donors (Lipinski definition) is 1. The Kier molecular flexibility index (Phi) is 69.7. The molecule has 2 N–H and O–H groups in total. The van der Waals surface area contributed by atoms with Gasteiger partial charge in [0.05, 0.1) is 6.04 Å². The molecule has 0 amide bonds. The van der Waals surface area contributed by atoms with E-state index in [1.54, 1.807) is 0 Å². The van der Waals surface area contributed by atoms with Crippen molar-refractivity contribution >= 4 is 6.29 Å². The van der Waals surface area contributed by atoms with Gasteiger partial charge in [0.1, 0.15) is 6.29 Å². The van der Waals surface area contributed by atoms with Crippen molar-refractivity contribution < 1.29 is 165 Å². The molecule has 1 atom stereocenters. The standard InChI is InChI=1S/C9H11NO.CH3.FH.5U/c10-9(7-11)6-8-4-2-1-3-5-8;;;;;;;/h1-5,7,9H,6,10H2;1H3;1H;;;;;/q;-1;;;;;;/t9-;;;;;;;/m0......./s1. The van der Waals surface area contributed by atoms with Crippen LogP contribution in [0.5, 0.6) is 0 Å². The van der Waals surface area contributed by atoms with Crippen LogP contribution in [-0.2, 0) is 11.2 Å². The van der Waals surface area contributed by atoms with Crippen LogP contribution in [0.1, 0.15) is 5.56 Å². The third-order valence-corrected chi connectivity index (χ3v) is 1.49. The van der Waals surface area contributed by atoms with Crippen LogP contribution in [0, 0.1) is 163 Å². The van der Waals surface area contributed by atoms with Crippen molar-refractivity contribution in [3.05, 3.63) is 43.3 Å². The zero-order valence-electron chi connectivity index (χ0n) is 10.1. The number of benzene rings is 1. The Bertz CT molecular complexity index is 241. The number of halogens is 1. The first-order chi connectivity index (χ1) is 5.33. The summed E-state index contributed by atoms with van der Waals surface area (Å²) in [5.74, 6) is 0. The summed E-state index contributed by atoms with van der Waals surface area (Å²) in [4.78, 5) is 10.2. The zero-order chi connectivity index (χ0) is 8.10. The van der Waals surface area contributed by atoms with Gasteiger partial charge in [-0.1, -0.05) is 30.3 Å². The molecule has 0 aliphatic heterocycles. The van der Waals surface area contributed by atoms with Crippen LogP contribution in [0.25, 0.3) is 0 Å². The SMILES string of the molecule is F.N[C@H](C=O)Cc1ccccc1.[CH3-].[U].[U].[U].[U].[U]. The summed E-state index contributed by atoms with van der Waals surface area (Å²) >= 11 is 0. The van der Waals surface area contributed by atoms with Crippen LogP contribution in [0.15, 0.2) is 30.3 Å². The van der Waals surface area contributed by atoms with Crippen LogP contribution < -0.4 is 5.73 Å². The Morgan fingerprint density at radius 3 is 1.72 bits per heavy atom. The van der Waals surface area contributed by atoms with Crippen LogP contribution in [0.4, 0.5) is 4.70 Å². The van der Waals surface area contributed by atoms with Crippen molar-refractivity contribution in [2.24, 2.45) is 5.73 Å². The predicted molar refractivity (Wildman–Crippen MR) is 53.1 cm³/mol. The van der Waals surface area contributed by atoms with Crippen molar-refractivity contribution in [1.29, 1.82) is 0 Å². The molecule has 94 valence electrons. The van der Waals surface area contributed by atoms with E-state index in [4.69, 9.17) is 5.73 Å². The van der Waals surface area contributed by atoms with Gasteiger partial charge in [-0.3, -0.25) is 4.70 Å². The quantitative estimate of drug-likeness (QED) is 0.368. The van der Waals surface area contributed by atoms with Gasteiger partial charge in [-0.25, -0.2) is 0 Å². The monoisotopic (exact) mass is 1370 g/mol. The van der Waals surface area contributed by atoms with Crippen LogP contribution in [0.2, 0.25) is 0 Å². The normalized spacial score (nSPS) is 7.61. The van der Waals surface area contributed by atoms with Crippen LogP contribution in [0.3, 0.4) is 0 Å². The summed E-state index contributed by atoms with van der Waals surface area (Å²) in [6.07, 6.45) is 1.40. The molecule has 1 rings (SSSR count). The minimum Gasteiger partial charge on any atom is -0.358 e. The smallest absolute Gasteiger partial charge is 0.137 e. The van der Waals surface area contributed by atoms with Gasteiger partial charge in [0.15, 0.2) is 0 Å². The molecule has 1 aromatic carbocycles. The number of rotatable bonds is 3. The number of carbonyl (C=O) groups is 1. The molecular formula is C10H15FNOU5-. The van der Waals surface area contributed by atoms with Crippen LogP contribution in [-0.4, -0.2) is 12.3 Å². The minimum atomic E-state index is -0.364. The fraction of sp³-hybridized carbons (Fsp3) is 0.200.